The zero-order valence-corrected chi connectivity index (χ0v) is 12.7. The summed E-state index contributed by atoms with van der Waals surface area (Å²) in [6.07, 6.45) is 1.75. The smallest absolute Gasteiger partial charge is 0.144 e. The van der Waals surface area contributed by atoms with E-state index in [1.807, 2.05) is 30.3 Å². The number of anilines is 2. The first-order valence-electron chi connectivity index (χ1n) is 4.92. The molecule has 0 bridgehead atoms. The molecule has 0 radical (unpaired) electrons. The van der Waals surface area contributed by atoms with Crippen LogP contribution in [0, 0.1) is 0 Å². The molecule has 1 aromatic carbocycles. The monoisotopic (exact) mass is 374 g/mol. The van der Waals surface area contributed by atoms with E-state index in [2.05, 4.69) is 42.2 Å². The summed E-state index contributed by atoms with van der Waals surface area (Å²) in [6, 6.07) is 9.84. The lowest BCUT2D eigenvalue weighted by Gasteiger charge is -2.10. The normalized spacial score (nSPS) is 10.3. The molecule has 1 aromatic heterocycles. The first-order chi connectivity index (χ1) is 8.20. The number of hydrogen-bond acceptors (Lipinski definition) is 2. The van der Waals surface area contributed by atoms with E-state index in [1.54, 1.807) is 6.20 Å². The van der Waals surface area contributed by atoms with Crippen molar-refractivity contribution in [1.29, 1.82) is 0 Å². The van der Waals surface area contributed by atoms with Crippen molar-refractivity contribution in [1.82, 2.24) is 4.98 Å². The van der Waals surface area contributed by atoms with Gasteiger partial charge in [0.1, 0.15) is 5.82 Å². The van der Waals surface area contributed by atoms with E-state index in [4.69, 9.17) is 11.6 Å². The van der Waals surface area contributed by atoms with Crippen molar-refractivity contribution < 1.29 is 0 Å². The Labute approximate surface area is 122 Å². The molecule has 2 nitrogen and oxygen atoms in total. The van der Waals surface area contributed by atoms with E-state index in [-0.39, 0.29) is 0 Å². The summed E-state index contributed by atoms with van der Waals surface area (Å²) in [6.45, 7) is 0. The van der Waals surface area contributed by atoms with Crippen LogP contribution < -0.4 is 5.32 Å². The molecule has 0 spiro atoms. The molecule has 2 rings (SSSR count). The fourth-order valence-corrected chi connectivity index (χ4v) is 2.71. The standard InChI is InChI=1S/C12H9Br2ClN2/c13-9-5-10(14)12(16-7-9)17-11-4-2-1-3-8(11)6-15/h1-5,7H,6H2,(H,16,17). The molecule has 17 heavy (non-hydrogen) atoms. The van der Waals surface area contributed by atoms with E-state index < -0.39 is 0 Å². The van der Waals surface area contributed by atoms with Gasteiger partial charge in [0.15, 0.2) is 0 Å². The van der Waals surface area contributed by atoms with Gasteiger partial charge in [-0.25, -0.2) is 4.98 Å². The second-order valence-corrected chi connectivity index (χ2v) is 5.44. The molecule has 0 atom stereocenters. The van der Waals surface area contributed by atoms with Crippen LogP contribution in [0.3, 0.4) is 0 Å². The fraction of sp³-hybridized carbons (Fsp3) is 0.0833. The van der Waals surface area contributed by atoms with Crippen LogP contribution >= 0.6 is 43.5 Å². The van der Waals surface area contributed by atoms with E-state index in [1.165, 1.54) is 0 Å². The van der Waals surface area contributed by atoms with Crippen molar-refractivity contribution in [2.45, 2.75) is 5.88 Å². The Morgan fingerprint density at radius 3 is 2.71 bits per heavy atom. The minimum absolute atomic E-state index is 0.470. The summed E-state index contributed by atoms with van der Waals surface area (Å²) >= 11 is 12.7. The van der Waals surface area contributed by atoms with Crippen LogP contribution in [-0.4, -0.2) is 4.98 Å². The maximum Gasteiger partial charge on any atom is 0.144 e. The molecule has 0 saturated carbocycles. The summed E-state index contributed by atoms with van der Waals surface area (Å²) in [5.74, 6) is 1.24. The number of nitrogens with zero attached hydrogens (tertiary/aromatic N) is 1. The molecule has 88 valence electrons. The summed E-state index contributed by atoms with van der Waals surface area (Å²) < 4.78 is 1.83. The average Bonchev–Trinajstić information content (AvgIpc) is 2.33. The zero-order chi connectivity index (χ0) is 12.3. The van der Waals surface area contributed by atoms with Gasteiger partial charge in [-0.1, -0.05) is 18.2 Å². The molecule has 0 amide bonds. The van der Waals surface area contributed by atoms with Crippen molar-refractivity contribution >= 4 is 55.0 Å². The minimum Gasteiger partial charge on any atom is -0.339 e. The highest BCUT2D eigenvalue weighted by atomic mass is 79.9. The topological polar surface area (TPSA) is 24.9 Å². The Bertz CT molecular complexity index is 532. The molecule has 1 N–H and O–H groups in total. The first-order valence-corrected chi connectivity index (χ1v) is 7.04. The maximum absolute atomic E-state index is 5.88. The first kappa shape index (κ1) is 12.9. The Morgan fingerprint density at radius 2 is 2.00 bits per heavy atom. The fourth-order valence-electron chi connectivity index (χ4n) is 1.39. The molecule has 2 aromatic rings. The molecule has 5 heteroatoms. The molecule has 0 unspecified atom stereocenters. The maximum atomic E-state index is 5.88. The van der Waals surface area contributed by atoms with Crippen molar-refractivity contribution in [2.24, 2.45) is 0 Å². The van der Waals surface area contributed by atoms with Gasteiger partial charge in [-0.2, -0.15) is 0 Å². The molecule has 0 aliphatic carbocycles. The number of benzene rings is 1. The van der Waals surface area contributed by atoms with Gasteiger partial charge in [0.05, 0.1) is 4.47 Å². The SMILES string of the molecule is ClCc1ccccc1Nc1ncc(Br)cc1Br. The van der Waals surface area contributed by atoms with Crippen molar-refractivity contribution in [3.05, 3.63) is 51.0 Å². The zero-order valence-electron chi connectivity index (χ0n) is 8.75. The molecular formula is C12H9Br2ClN2. The number of alkyl halides is 1. The van der Waals surface area contributed by atoms with E-state index in [0.717, 1.165) is 26.0 Å². The van der Waals surface area contributed by atoms with Gasteiger partial charge >= 0.3 is 0 Å². The lowest BCUT2D eigenvalue weighted by atomic mass is 10.2. The van der Waals surface area contributed by atoms with Gasteiger partial charge in [0.25, 0.3) is 0 Å². The van der Waals surface area contributed by atoms with Gasteiger partial charge in [0, 0.05) is 22.2 Å². The van der Waals surface area contributed by atoms with Gasteiger partial charge in [-0.05, 0) is 49.6 Å². The number of aromatic nitrogens is 1. The lowest BCUT2D eigenvalue weighted by molar-refractivity contribution is 1.26. The van der Waals surface area contributed by atoms with Crippen molar-refractivity contribution in [3.8, 4) is 0 Å². The van der Waals surface area contributed by atoms with Crippen molar-refractivity contribution in [2.75, 3.05) is 5.32 Å². The quantitative estimate of drug-likeness (QED) is 0.755. The summed E-state index contributed by atoms with van der Waals surface area (Å²) in [5.41, 5.74) is 2.02. The van der Waals surface area contributed by atoms with E-state index in [0.29, 0.717) is 5.88 Å². The largest absolute Gasteiger partial charge is 0.339 e. The van der Waals surface area contributed by atoms with E-state index in [9.17, 15) is 0 Å². The van der Waals surface area contributed by atoms with Crippen LogP contribution in [0.2, 0.25) is 0 Å². The van der Waals surface area contributed by atoms with Crippen LogP contribution in [0.15, 0.2) is 45.5 Å². The second-order valence-electron chi connectivity index (χ2n) is 3.40. The minimum atomic E-state index is 0.470. The predicted molar refractivity (Wildman–Crippen MR) is 78.9 cm³/mol. The number of para-hydroxylation sites is 1. The highest BCUT2D eigenvalue weighted by Gasteiger charge is 2.05. The van der Waals surface area contributed by atoms with Gasteiger partial charge in [-0.15, -0.1) is 11.6 Å². The lowest BCUT2D eigenvalue weighted by Crippen LogP contribution is -1.97. The number of nitrogens with one attached hydrogen (secondary N) is 1. The van der Waals surface area contributed by atoms with Crippen LogP contribution in [0.4, 0.5) is 11.5 Å². The van der Waals surface area contributed by atoms with E-state index >= 15 is 0 Å². The number of rotatable bonds is 3. The van der Waals surface area contributed by atoms with Gasteiger partial charge < -0.3 is 5.32 Å². The van der Waals surface area contributed by atoms with Crippen LogP contribution in [-0.2, 0) is 5.88 Å². The third-order valence-corrected chi connectivity index (χ3v) is 3.55. The molecule has 0 aliphatic rings. The molecular weight excluding hydrogens is 367 g/mol. The highest BCUT2D eigenvalue weighted by Crippen LogP contribution is 2.28. The van der Waals surface area contributed by atoms with Crippen LogP contribution in [0.5, 0.6) is 0 Å². The third-order valence-electron chi connectivity index (χ3n) is 2.22. The third kappa shape index (κ3) is 3.21. The molecule has 0 aliphatic heterocycles. The van der Waals surface area contributed by atoms with Gasteiger partial charge in [0.2, 0.25) is 0 Å². The highest BCUT2D eigenvalue weighted by molar-refractivity contribution is 9.11. The Morgan fingerprint density at radius 1 is 1.24 bits per heavy atom. The Hall–Kier alpha value is -0.580. The number of pyridine rings is 1. The molecule has 1 heterocycles. The average molecular weight is 376 g/mol. The van der Waals surface area contributed by atoms with Crippen LogP contribution in [0.1, 0.15) is 5.56 Å². The Kier molecular flexibility index (Phi) is 4.42. The molecule has 0 fully saturated rings. The number of halogens is 3. The van der Waals surface area contributed by atoms with Gasteiger partial charge in [-0.3, -0.25) is 0 Å². The van der Waals surface area contributed by atoms with Crippen molar-refractivity contribution in [3.63, 3.8) is 0 Å². The predicted octanol–water partition coefficient (Wildman–Crippen LogP) is 5.09. The summed E-state index contributed by atoms with van der Waals surface area (Å²) in [5, 5.41) is 3.26. The molecule has 0 saturated heterocycles. The summed E-state index contributed by atoms with van der Waals surface area (Å²) in [4.78, 5) is 4.30. The number of hydrogen-bond donors (Lipinski definition) is 1. The second kappa shape index (κ2) is 5.85. The van der Waals surface area contributed by atoms with Crippen LogP contribution in [0.25, 0.3) is 0 Å². The Balaban J connectivity index is 2.31. The summed E-state index contributed by atoms with van der Waals surface area (Å²) in [7, 11) is 0.